The highest BCUT2D eigenvalue weighted by molar-refractivity contribution is 6.52. The quantitative estimate of drug-likeness (QED) is 0.596. The van der Waals surface area contributed by atoms with Crippen molar-refractivity contribution in [2.75, 3.05) is 24.7 Å². The minimum atomic E-state index is -0.525. The summed E-state index contributed by atoms with van der Waals surface area (Å²) in [5, 5.41) is 0. The van der Waals surface area contributed by atoms with Gasteiger partial charge in [-0.25, -0.2) is 0 Å². The normalized spacial score (nSPS) is 14.2. The molecular weight excluding hydrogens is 270 g/mol. The van der Waals surface area contributed by atoms with Gasteiger partial charge in [0.15, 0.2) is 6.29 Å². The van der Waals surface area contributed by atoms with Crippen LogP contribution in [0.15, 0.2) is 12.1 Å². The molecule has 21 heavy (non-hydrogen) atoms. The molecule has 5 nitrogen and oxygen atoms in total. The number of carbonyl (C=O) groups excluding carboxylic acids is 2. The Kier molecular flexibility index (Phi) is 4.75. The molecule has 0 radical (unpaired) electrons. The number of nitrogens with zero attached hydrogens (tertiary/aromatic N) is 1. The molecule has 0 saturated carbocycles. The van der Waals surface area contributed by atoms with Crippen LogP contribution in [0.2, 0.25) is 0 Å². The Bertz CT molecular complexity index is 562. The van der Waals surface area contributed by atoms with Crippen LogP contribution in [-0.4, -0.2) is 37.7 Å². The summed E-state index contributed by atoms with van der Waals surface area (Å²) in [5.41, 5.74) is 3.15. The van der Waals surface area contributed by atoms with Crippen LogP contribution in [0.25, 0.3) is 0 Å². The van der Waals surface area contributed by atoms with Gasteiger partial charge >= 0.3 is 0 Å². The Morgan fingerprint density at radius 3 is 2.29 bits per heavy atom. The van der Waals surface area contributed by atoms with Crippen molar-refractivity contribution in [3.63, 3.8) is 0 Å². The van der Waals surface area contributed by atoms with Crippen LogP contribution >= 0.6 is 0 Å². The third-order valence-corrected chi connectivity index (χ3v) is 3.69. The van der Waals surface area contributed by atoms with Crippen molar-refractivity contribution in [1.82, 2.24) is 0 Å². The number of aryl methyl sites for hydroxylation is 1. The topological polar surface area (TPSA) is 55.8 Å². The first-order valence-electron chi connectivity index (χ1n) is 7.20. The van der Waals surface area contributed by atoms with E-state index in [9.17, 15) is 9.59 Å². The zero-order chi connectivity index (χ0) is 15.6. The van der Waals surface area contributed by atoms with E-state index in [1.54, 1.807) is 6.07 Å². The summed E-state index contributed by atoms with van der Waals surface area (Å²) in [6, 6.07) is 3.58. The summed E-state index contributed by atoms with van der Waals surface area (Å²) < 4.78 is 11.0. The van der Waals surface area contributed by atoms with Crippen molar-refractivity contribution in [2.24, 2.45) is 0 Å². The molecule has 1 aliphatic heterocycles. The van der Waals surface area contributed by atoms with E-state index >= 15 is 0 Å². The molecule has 0 saturated heterocycles. The van der Waals surface area contributed by atoms with Crippen molar-refractivity contribution >= 4 is 17.4 Å². The van der Waals surface area contributed by atoms with Gasteiger partial charge in [-0.1, -0.05) is 6.07 Å². The summed E-state index contributed by atoms with van der Waals surface area (Å²) in [4.78, 5) is 25.8. The smallest absolute Gasteiger partial charge is 0.299 e. The maximum atomic E-state index is 12.2. The van der Waals surface area contributed by atoms with Gasteiger partial charge in [0.25, 0.3) is 11.7 Å². The van der Waals surface area contributed by atoms with Crippen LogP contribution in [0.3, 0.4) is 0 Å². The van der Waals surface area contributed by atoms with Crippen LogP contribution in [0.1, 0.15) is 35.3 Å². The number of benzene rings is 1. The fourth-order valence-electron chi connectivity index (χ4n) is 2.52. The molecule has 0 atom stereocenters. The Morgan fingerprint density at radius 1 is 1.10 bits per heavy atom. The molecule has 5 heteroatoms. The van der Waals surface area contributed by atoms with E-state index in [-0.39, 0.29) is 6.54 Å². The second kappa shape index (κ2) is 6.37. The first-order valence-corrected chi connectivity index (χ1v) is 7.20. The predicted molar refractivity (Wildman–Crippen MR) is 79.6 cm³/mol. The van der Waals surface area contributed by atoms with Crippen molar-refractivity contribution in [3.05, 3.63) is 28.8 Å². The van der Waals surface area contributed by atoms with E-state index in [1.807, 2.05) is 33.8 Å². The summed E-state index contributed by atoms with van der Waals surface area (Å²) >= 11 is 0. The number of carbonyl (C=O) groups is 2. The Labute approximate surface area is 124 Å². The monoisotopic (exact) mass is 291 g/mol. The van der Waals surface area contributed by atoms with Gasteiger partial charge in [-0.2, -0.15) is 0 Å². The molecule has 0 unspecified atom stereocenters. The number of ether oxygens (including phenoxy) is 2. The highest BCUT2D eigenvalue weighted by atomic mass is 16.7. The first-order chi connectivity index (χ1) is 10.0. The van der Waals surface area contributed by atoms with E-state index in [2.05, 4.69) is 0 Å². The molecule has 1 heterocycles. The van der Waals surface area contributed by atoms with Crippen LogP contribution in [-0.2, 0) is 14.3 Å². The zero-order valence-corrected chi connectivity index (χ0v) is 12.9. The van der Waals surface area contributed by atoms with Crippen molar-refractivity contribution in [3.8, 4) is 0 Å². The van der Waals surface area contributed by atoms with Crippen LogP contribution in [0.5, 0.6) is 0 Å². The molecule has 114 valence electrons. The Hall–Kier alpha value is -1.72. The predicted octanol–water partition coefficient (Wildman–Crippen LogP) is 2.23. The van der Waals surface area contributed by atoms with Crippen LogP contribution < -0.4 is 4.90 Å². The number of hydrogen-bond donors (Lipinski definition) is 0. The Balaban J connectivity index is 2.35. The molecule has 0 bridgehead atoms. The molecule has 1 aliphatic rings. The SMILES string of the molecule is CCOC(CN1C(=O)C(=O)c2ccc(C)c(C)c21)OCC. The number of ketones is 1. The molecule has 0 aliphatic carbocycles. The maximum absolute atomic E-state index is 12.2. The van der Waals surface area contributed by atoms with E-state index in [0.717, 1.165) is 11.1 Å². The lowest BCUT2D eigenvalue weighted by molar-refractivity contribution is -0.134. The minimum absolute atomic E-state index is 0.226. The fourth-order valence-corrected chi connectivity index (χ4v) is 2.52. The second-order valence-corrected chi connectivity index (χ2v) is 4.99. The van der Waals surface area contributed by atoms with Gasteiger partial charge in [-0.15, -0.1) is 0 Å². The summed E-state index contributed by atoms with van der Waals surface area (Å²) in [6.45, 7) is 8.82. The van der Waals surface area contributed by atoms with Crippen molar-refractivity contribution < 1.29 is 19.1 Å². The number of hydrogen-bond acceptors (Lipinski definition) is 4. The van der Waals surface area contributed by atoms with E-state index in [0.29, 0.717) is 24.5 Å². The standard InChI is InChI=1S/C16H21NO4/c1-5-20-13(21-6-2)9-17-14-11(4)10(3)7-8-12(14)15(18)16(17)19/h7-8,13H,5-6,9H2,1-4H3. The Morgan fingerprint density at radius 2 is 1.71 bits per heavy atom. The zero-order valence-electron chi connectivity index (χ0n) is 12.9. The largest absolute Gasteiger partial charge is 0.351 e. The van der Waals surface area contributed by atoms with Gasteiger partial charge in [0.05, 0.1) is 17.8 Å². The fraction of sp³-hybridized carbons (Fsp3) is 0.500. The van der Waals surface area contributed by atoms with Gasteiger partial charge in [0, 0.05) is 13.2 Å². The molecular formula is C16H21NO4. The van der Waals surface area contributed by atoms with E-state index < -0.39 is 18.0 Å². The summed E-state index contributed by atoms with van der Waals surface area (Å²) in [7, 11) is 0. The lowest BCUT2D eigenvalue weighted by Gasteiger charge is -2.25. The number of rotatable bonds is 6. The lowest BCUT2D eigenvalue weighted by Crippen LogP contribution is -2.39. The molecule has 0 aromatic heterocycles. The van der Waals surface area contributed by atoms with Crippen LogP contribution in [0.4, 0.5) is 5.69 Å². The van der Waals surface area contributed by atoms with Gasteiger partial charge < -0.3 is 9.47 Å². The van der Waals surface area contributed by atoms with Crippen LogP contribution in [0, 0.1) is 13.8 Å². The molecule has 1 aromatic rings. The molecule has 0 N–H and O–H groups in total. The van der Waals surface area contributed by atoms with Crippen molar-refractivity contribution in [1.29, 1.82) is 0 Å². The maximum Gasteiger partial charge on any atom is 0.299 e. The average molecular weight is 291 g/mol. The third-order valence-electron chi connectivity index (χ3n) is 3.69. The number of fused-ring (bicyclic) bond motifs is 1. The van der Waals surface area contributed by atoms with Gasteiger partial charge in [0.2, 0.25) is 0 Å². The average Bonchev–Trinajstić information content (AvgIpc) is 2.69. The lowest BCUT2D eigenvalue weighted by atomic mass is 10.0. The minimum Gasteiger partial charge on any atom is -0.351 e. The number of Topliss-reactive ketones (excluding diaryl/α,β-unsaturated/α-hetero) is 1. The van der Waals surface area contributed by atoms with Gasteiger partial charge in [0.1, 0.15) is 0 Å². The van der Waals surface area contributed by atoms with E-state index in [4.69, 9.17) is 9.47 Å². The van der Waals surface area contributed by atoms with Gasteiger partial charge in [-0.05, 0) is 44.9 Å². The number of anilines is 1. The summed E-state index contributed by atoms with van der Waals surface area (Å²) in [6.07, 6.45) is -0.525. The third kappa shape index (κ3) is 2.84. The second-order valence-electron chi connectivity index (χ2n) is 4.99. The van der Waals surface area contributed by atoms with Crippen molar-refractivity contribution in [2.45, 2.75) is 34.0 Å². The van der Waals surface area contributed by atoms with Gasteiger partial charge in [-0.3, -0.25) is 14.5 Å². The molecule has 1 aromatic carbocycles. The molecule has 0 fully saturated rings. The first kappa shape index (κ1) is 15.7. The molecule has 2 rings (SSSR count). The summed E-state index contributed by atoms with van der Waals surface area (Å²) in [5.74, 6) is -0.969. The number of amides is 1. The molecule has 1 amide bonds. The highest BCUT2D eigenvalue weighted by Crippen LogP contribution is 2.34. The van der Waals surface area contributed by atoms with E-state index in [1.165, 1.54) is 4.90 Å². The molecule has 0 spiro atoms. The highest BCUT2D eigenvalue weighted by Gasteiger charge is 2.38.